The molecule has 0 aromatic heterocycles. The van der Waals surface area contributed by atoms with Crippen molar-refractivity contribution in [3.05, 3.63) is 0 Å². The van der Waals surface area contributed by atoms with E-state index in [2.05, 4.69) is 10.6 Å². The highest BCUT2D eigenvalue weighted by Crippen LogP contribution is 2.31. The van der Waals surface area contributed by atoms with Gasteiger partial charge >= 0.3 is 12.0 Å². The molecule has 3 unspecified atom stereocenters. The summed E-state index contributed by atoms with van der Waals surface area (Å²) in [6.07, 6.45) is 2.37. The van der Waals surface area contributed by atoms with Crippen LogP contribution in [0, 0.1) is 11.8 Å². The Labute approximate surface area is 118 Å². The van der Waals surface area contributed by atoms with Gasteiger partial charge in [-0.25, -0.2) is 4.79 Å². The number of hydrogen-bond acceptors (Lipinski definition) is 4. The summed E-state index contributed by atoms with van der Waals surface area (Å²) in [5.74, 6) is -1.06. The Balaban J connectivity index is 1.63. The minimum absolute atomic E-state index is 0.0347. The highest BCUT2D eigenvalue weighted by Gasteiger charge is 2.32. The summed E-state index contributed by atoms with van der Waals surface area (Å²) >= 11 is 0. The van der Waals surface area contributed by atoms with E-state index in [0.29, 0.717) is 39.3 Å². The molecule has 1 aliphatic carbocycles. The zero-order valence-electron chi connectivity index (χ0n) is 11.5. The molecule has 0 radical (unpaired) electrons. The topological polar surface area (TPSA) is 96.9 Å². The van der Waals surface area contributed by atoms with Gasteiger partial charge < -0.3 is 25.2 Å². The molecule has 0 aromatic carbocycles. The highest BCUT2D eigenvalue weighted by atomic mass is 16.6. The minimum atomic E-state index is -0.762. The largest absolute Gasteiger partial charge is 0.481 e. The molecule has 3 atom stereocenters. The SMILES string of the molecule is O=C(NCC1COCCO1)NCC1CCCC1C(=O)O. The van der Waals surface area contributed by atoms with Gasteiger partial charge in [-0.15, -0.1) is 0 Å². The van der Waals surface area contributed by atoms with E-state index in [-0.39, 0.29) is 24.0 Å². The molecule has 2 rings (SSSR count). The lowest BCUT2D eigenvalue weighted by molar-refractivity contribution is -0.142. The van der Waals surface area contributed by atoms with Crippen LogP contribution in [-0.2, 0) is 14.3 Å². The molecule has 114 valence electrons. The average molecular weight is 286 g/mol. The third kappa shape index (κ3) is 4.35. The second kappa shape index (κ2) is 7.44. The number of nitrogens with one attached hydrogen (secondary N) is 2. The maximum absolute atomic E-state index is 11.7. The number of carbonyl (C=O) groups excluding carboxylic acids is 1. The smallest absolute Gasteiger partial charge is 0.314 e. The first kappa shape index (κ1) is 15.1. The fraction of sp³-hybridized carbons (Fsp3) is 0.846. The maximum Gasteiger partial charge on any atom is 0.314 e. The Kier molecular flexibility index (Phi) is 5.60. The Hall–Kier alpha value is -1.34. The second-order valence-electron chi connectivity index (χ2n) is 5.29. The van der Waals surface area contributed by atoms with Crippen LogP contribution >= 0.6 is 0 Å². The van der Waals surface area contributed by atoms with Crippen LogP contribution in [-0.4, -0.2) is 56.1 Å². The van der Waals surface area contributed by atoms with Gasteiger partial charge in [-0.05, 0) is 18.8 Å². The predicted molar refractivity (Wildman–Crippen MR) is 70.4 cm³/mol. The van der Waals surface area contributed by atoms with Gasteiger partial charge in [-0.1, -0.05) is 6.42 Å². The quantitative estimate of drug-likeness (QED) is 0.671. The van der Waals surface area contributed by atoms with Gasteiger partial charge in [0.05, 0.1) is 31.8 Å². The van der Waals surface area contributed by atoms with E-state index in [1.807, 2.05) is 0 Å². The predicted octanol–water partition coefficient (Wildman–Crippen LogP) is 0.202. The third-order valence-electron chi connectivity index (χ3n) is 3.88. The Morgan fingerprint density at radius 1 is 1.15 bits per heavy atom. The van der Waals surface area contributed by atoms with E-state index in [1.54, 1.807) is 0 Å². The average Bonchev–Trinajstić information content (AvgIpc) is 2.92. The van der Waals surface area contributed by atoms with Crippen LogP contribution in [0.4, 0.5) is 4.79 Å². The molecule has 1 heterocycles. The van der Waals surface area contributed by atoms with Gasteiger partial charge in [0.1, 0.15) is 0 Å². The fourth-order valence-electron chi connectivity index (χ4n) is 2.75. The number of hydrogen-bond donors (Lipinski definition) is 3. The van der Waals surface area contributed by atoms with Crippen molar-refractivity contribution in [2.24, 2.45) is 11.8 Å². The second-order valence-corrected chi connectivity index (χ2v) is 5.29. The normalized spacial score (nSPS) is 29.9. The first-order valence-electron chi connectivity index (χ1n) is 7.10. The molecule has 1 aliphatic heterocycles. The van der Waals surface area contributed by atoms with E-state index < -0.39 is 5.97 Å². The van der Waals surface area contributed by atoms with Crippen molar-refractivity contribution in [2.75, 3.05) is 32.9 Å². The highest BCUT2D eigenvalue weighted by molar-refractivity contribution is 5.74. The molecule has 3 N–H and O–H groups in total. The summed E-state index contributed by atoms with van der Waals surface area (Å²) in [6.45, 7) is 2.45. The van der Waals surface area contributed by atoms with Crippen LogP contribution in [0.2, 0.25) is 0 Å². The van der Waals surface area contributed by atoms with Crippen molar-refractivity contribution in [3.8, 4) is 0 Å². The summed E-state index contributed by atoms with van der Waals surface area (Å²) in [4.78, 5) is 22.7. The molecule has 2 fully saturated rings. The number of ether oxygens (including phenoxy) is 2. The Bertz CT molecular complexity index is 344. The summed E-state index contributed by atoms with van der Waals surface area (Å²) in [5, 5.41) is 14.5. The molecule has 0 spiro atoms. The molecule has 2 aliphatic rings. The van der Waals surface area contributed by atoms with Crippen LogP contribution in [0.3, 0.4) is 0 Å². The van der Waals surface area contributed by atoms with E-state index in [9.17, 15) is 9.59 Å². The molecular formula is C13H22N2O5. The van der Waals surface area contributed by atoms with Gasteiger partial charge in [0.25, 0.3) is 0 Å². The van der Waals surface area contributed by atoms with Gasteiger partial charge in [0, 0.05) is 13.1 Å². The third-order valence-corrected chi connectivity index (χ3v) is 3.88. The lowest BCUT2D eigenvalue weighted by Gasteiger charge is -2.23. The Morgan fingerprint density at radius 3 is 2.65 bits per heavy atom. The van der Waals surface area contributed by atoms with Gasteiger partial charge in [-0.2, -0.15) is 0 Å². The van der Waals surface area contributed by atoms with E-state index in [0.717, 1.165) is 12.8 Å². The Morgan fingerprint density at radius 2 is 1.95 bits per heavy atom. The van der Waals surface area contributed by atoms with Gasteiger partial charge in [0.2, 0.25) is 0 Å². The number of carboxylic acids is 1. The molecule has 0 bridgehead atoms. The monoisotopic (exact) mass is 286 g/mol. The van der Waals surface area contributed by atoms with E-state index >= 15 is 0 Å². The number of urea groups is 1. The maximum atomic E-state index is 11.7. The zero-order valence-corrected chi connectivity index (χ0v) is 11.5. The van der Waals surface area contributed by atoms with Crippen molar-refractivity contribution in [1.29, 1.82) is 0 Å². The van der Waals surface area contributed by atoms with Gasteiger partial charge in [0.15, 0.2) is 0 Å². The molecule has 1 saturated carbocycles. The summed E-state index contributed by atoms with van der Waals surface area (Å²) in [5.41, 5.74) is 0. The first-order valence-corrected chi connectivity index (χ1v) is 7.10. The standard InChI is InChI=1S/C13H22N2O5/c16-12(17)11-3-1-2-9(11)6-14-13(18)15-7-10-8-19-4-5-20-10/h9-11H,1-8H2,(H,16,17)(H2,14,15,18). The van der Waals surface area contributed by atoms with Crippen molar-refractivity contribution < 1.29 is 24.2 Å². The summed E-state index contributed by atoms with van der Waals surface area (Å²) in [7, 11) is 0. The van der Waals surface area contributed by atoms with Crippen LogP contribution in [0.5, 0.6) is 0 Å². The molecule has 20 heavy (non-hydrogen) atoms. The van der Waals surface area contributed by atoms with Gasteiger partial charge in [-0.3, -0.25) is 4.79 Å². The molecule has 7 heteroatoms. The number of rotatable bonds is 5. The summed E-state index contributed by atoms with van der Waals surface area (Å²) in [6, 6.07) is -0.282. The van der Waals surface area contributed by atoms with Crippen LogP contribution in [0.15, 0.2) is 0 Å². The summed E-state index contributed by atoms with van der Waals surface area (Å²) < 4.78 is 10.6. The fourth-order valence-corrected chi connectivity index (χ4v) is 2.75. The van der Waals surface area contributed by atoms with E-state index in [4.69, 9.17) is 14.6 Å². The van der Waals surface area contributed by atoms with Crippen LogP contribution in [0.25, 0.3) is 0 Å². The molecule has 2 amide bonds. The van der Waals surface area contributed by atoms with Crippen LogP contribution in [0.1, 0.15) is 19.3 Å². The minimum Gasteiger partial charge on any atom is -0.481 e. The lowest BCUT2D eigenvalue weighted by Crippen LogP contribution is -2.45. The zero-order chi connectivity index (χ0) is 14.4. The molecule has 0 aromatic rings. The van der Waals surface area contributed by atoms with Crippen LogP contribution < -0.4 is 10.6 Å². The number of aliphatic carboxylic acids is 1. The number of amides is 2. The molecule has 7 nitrogen and oxygen atoms in total. The van der Waals surface area contributed by atoms with Crippen molar-refractivity contribution >= 4 is 12.0 Å². The number of carboxylic acid groups (broad SMARTS) is 1. The van der Waals surface area contributed by atoms with Crippen molar-refractivity contribution in [3.63, 3.8) is 0 Å². The molecular weight excluding hydrogens is 264 g/mol. The van der Waals surface area contributed by atoms with E-state index in [1.165, 1.54) is 0 Å². The van der Waals surface area contributed by atoms with Crippen molar-refractivity contribution in [2.45, 2.75) is 25.4 Å². The lowest BCUT2D eigenvalue weighted by atomic mass is 9.96. The number of carbonyl (C=O) groups is 2. The first-order chi connectivity index (χ1) is 9.66. The van der Waals surface area contributed by atoms with Crippen molar-refractivity contribution in [1.82, 2.24) is 10.6 Å². The molecule has 1 saturated heterocycles.